The first-order chi connectivity index (χ1) is 11.6. The summed E-state index contributed by atoms with van der Waals surface area (Å²) < 4.78 is 0. The molecule has 2 aromatic rings. The lowest BCUT2D eigenvalue weighted by molar-refractivity contribution is 0.866. The van der Waals surface area contributed by atoms with Crippen molar-refractivity contribution in [2.24, 2.45) is 0 Å². The number of anilines is 2. The normalized spacial score (nSPS) is 10.3. The molecule has 1 aromatic heterocycles. The Morgan fingerprint density at radius 1 is 1.08 bits per heavy atom. The van der Waals surface area contributed by atoms with Crippen molar-refractivity contribution in [1.82, 2.24) is 10.2 Å². The zero-order valence-corrected chi connectivity index (χ0v) is 14.9. The van der Waals surface area contributed by atoms with Crippen LogP contribution in [0.2, 0.25) is 0 Å². The van der Waals surface area contributed by atoms with Crippen LogP contribution in [0.25, 0.3) is 0 Å². The van der Waals surface area contributed by atoms with Crippen molar-refractivity contribution in [3.05, 3.63) is 46.6 Å². The van der Waals surface area contributed by atoms with Gasteiger partial charge in [-0.2, -0.15) is 10.4 Å². The highest BCUT2D eigenvalue weighted by atomic mass is 15.2. The zero-order chi connectivity index (χ0) is 17.5. The van der Waals surface area contributed by atoms with E-state index in [1.54, 1.807) is 0 Å². The summed E-state index contributed by atoms with van der Waals surface area (Å²) >= 11 is 0. The first kappa shape index (κ1) is 17.7. The van der Waals surface area contributed by atoms with Crippen LogP contribution < -0.4 is 10.2 Å². The van der Waals surface area contributed by atoms with E-state index in [-0.39, 0.29) is 0 Å². The predicted octanol–water partition coefficient (Wildman–Crippen LogP) is 3.19. The van der Waals surface area contributed by atoms with Crippen LogP contribution in [-0.2, 0) is 19.3 Å². The molecule has 0 fully saturated rings. The Kier molecular flexibility index (Phi) is 6.14. The molecule has 0 amide bonds. The van der Waals surface area contributed by atoms with Crippen LogP contribution in [0.4, 0.5) is 11.5 Å². The molecule has 0 aliphatic heterocycles. The van der Waals surface area contributed by atoms with Gasteiger partial charge in [0.05, 0.1) is 5.69 Å². The van der Waals surface area contributed by atoms with Crippen LogP contribution in [0.15, 0.2) is 24.3 Å². The first-order valence-electron chi connectivity index (χ1n) is 8.39. The highest BCUT2D eigenvalue weighted by Crippen LogP contribution is 2.20. The molecule has 5 nitrogen and oxygen atoms in total. The molecule has 0 spiro atoms. The van der Waals surface area contributed by atoms with E-state index in [9.17, 15) is 5.26 Å². The van der Waals surface area contributed by atoms with Crippen molar-refractivity contribution in [3.8, 4) is 6.07 Å². The van der Waals surface area contributed by atoms with Gasteiger partial charge in [-0.25, -0.2) is 0 Å². The molecule has 0 bridgehead atoms. The average molecular weight is 323 g/mol. The minimum atomic E-state index is 0.594. The Hall–Kier alpha value is -2.61. The number of benzene rings is 1. The van der Waals surface area contributed by atoms with Gasteiger partial charge in [-0.1, -0.05) is 26.0 Å². The number of nitrogens with zero attached hydrogens (tertiary/aromatic N) is 4. The van der Waals surface area contributed by atoms with Crippen molar-refractivity contribution < 1.29 is 0 Å². The number of hydrogen-bond acceptors (Lipinski definition) is 5. The van der Waals surface area contributed by atoms with Gasteiger partial charge in [0.25, 0.3) is 0 Å². The highest BCUT2D eigenvalue weighted by molar-refractivity contribution is 5.56. The molecular formula is C19H25N5. The van der Waals surface area contributed by atoms with Crippen molar-refractivity contribution in [1.29, 1.82) is 5.26 Å². The molecule has 1 heterocycles. The van der Waals surface area contributed by atoms with E-state index in [0.29, 0.717) is 11.4 Å². The molecule has 1 N–H and O–H groups in total. The molecule has 5 heteroatoms. The van der Waals surface area contributed by atoms with Gasteiger partial charge in [0.15, 0.2) is 5.82 Å². The zero-order valence-electron chi connectivity index (χ0n) is 14.9. The molecule has 2 rings (SSSR count). The Labute approximate surface area is 144 Å². The maximum Gasteiger partial charge on any atom is 0.166 e. The third-order valence-electron chi connectivity index (χ3n) is 4.12. The minimum Gasteiger partial charge on any atom is -0.378 e. The van der Waals surface area contributed by atoms with Gasteiger partial charge in [0, 0.05) is 26.3 Å². The van der Waals surface area contributed by atoms with Gasteiger partial charge in [-0.05, 0) is 42.5 Å². The fraction of sp³-hybridized carbons (Fsp3) is 0.421. The fourth-order valence-electron chi connectivity index (χ4n) is 2.70. The summed E-state index contributed by atoms with van der Waals surface area (Å²) in [6.45, 7) is 4.81. The molecular weight excluding hydrogens is 298 g/mol. The monoisotopic (exact) mass is 323 g/mol. The summed E-state index contributed by atoms with van der Waals surface area (Å²) in [5.74, 6) is 0.594. The van der Waals surface area contributed by atoms with Crippen LogP contribution in [0, 0.1) is 11.3 Å². The smallest absolute Gasteiger partial charge is 0.166 e. The topological polar surface area (TPSA) is 64.8 Å². The van der Waals surface area contributed by atoms with Gasteiger partial charge >= 0.3 is 0 Å². The lowest BCUT2D eigenvalue weighted by atomic mass is 10.0. The minimum absolute atomic E-state index is 0.594. The Balaban J connectivity index is 2.05. The van der Waals surface area contributed by atoms with Gasteiger partial charge in [0.1, 0.15) is 11.6 Å². The standard InChI is InChI=1S/C19H25N5/c1-5-16-17(13-20)19(23-22-18(16)6-2)21-12-11-14-7-9-15(10-8-14)24(3)4/h7-10H,5-6,11-12H2,1-4H3,(H,21,23). The Morgan fingerprint density at radius 2 is 1.79 bits per heavy atom. The molecule has 0 radical (unpaired) electrons. The molecule has 0 aliphatic carbocycles. The van der Waals surface area contributed by atoms with E-state index >= 15 is 0 Å². The second-order valence-electron chi connectivity index (χ2n) is 5.91. The van der Waals surface area contributed by atoms with Gasteiger partial charge < -0.3 is 10.2 Å². The van der Waals surface area contributed by atoms with Crippen LogP contribution >= 0.6 is 0 Å². The summed E-state index contributed by atoms with van der Waals surface area (Å²) in [6.07, 6.45) is 2.46. The lowest BCUT2D eigenvalue weighted by Crippen LogP contribution is -2.12. The maximum absolute atomic E-state index is 9.49. The molecule has 0 saturated carbocycles. The average Bonchev–Trinajstić information content (AvgIpc) is 2.61. The summed E-state index contributed by atoms with van der Waals surface area (Å²) in [4.78, 5) is 2.08. The molecule has 24 heavy (non-hydrogen) atoms. The third kappa shape index (κ3) is 4.02. The van der Waals surface area contributed by atoms with Crippen LogP contribution in [0.1, 0.15) is 36.2 Å². The van der Waals surface area contributed by atoms with E-state index in [1.807, 2.05) is 27.9 Å². The number of aromatic nitrogens is 2. The molecule has 0 unspecified atom stereocenters. The van der Waals surface area contributed by atoms with Crippen molar-refractivity contribution in [2.75, 3.05) is 30.9 Å². The maximum atomic E-state index is 9.49. The van der Waals surface area contributed by atoms with Gasteiger partial charge in [-0.15, -0.1) is 5.10 Å². The number of nitrogens with one attached hydrogen (secondary N) is 1. The van der Waals surface area contributed by atoms with E-state index in [0.717, 1.165) is 37.1 Å². The predicted molar refractivity (Wildman–Crippen MR) is 98.5 cm³/mol. The molecule has 0 atom stereocenters. The fourth-order valence-corrected chi connectivity index (χ4v) is 2.70. The SMILES string of the molecule is CCc1nnc(NCCc2ccc(N(C)C)cc2)c(C#N)c1CC. The van der Waals surface area contributed by atoms with Crippen LogP contribution in [0.5, 0.6) is 0 Å². The first-order valence-corrected chi connectivity index (χ1v) is 8.39. The molecule has 126 valence electrons. The van der Waals surface area contributed by atoms with Crippen LogP contribution in [0.3, 0.4) is 0 Å². The lowest BCUT2D eigenvalue weighted by Gasteiger charge is -2.13. The number of rotatable bonds is 7. The van der Waals surface area contributed by atoms with E-state index in [4.69, 9.17) is 0 Å². The largest absolute Gasteiger partial charge is 0.378 e. The molecule has 0 saturated heterocycles. The Morgan fingerprint density at radius 3 is 2.33 bits per heavy atom. The van der Waals surface area contributed by atoms with Crippen molar-refractivity contribution >= 4 is 11.5 Å². The Bertz CT molecular complexity index is 714. The number of aryl methyl sites for hydroxylation is 1. The van der Waals surface area contributed by atoms with Crippen molar-refractivity contribution in [2.45, 2.75) is 33.1 Å². The number of hydrogen-bond donors (Lipinski definition) is 1. The van der Waals surface area contributed by atoms with E-state index < -0.39 is 0 Å². The molecule has 0 aliphatic rings. The van der Waals surface area contributed by atoms with Crippen LogP contribution in [-0.4, -0.2) is 30.8 Å². The summed E-state index contributed by atoms with van der Waals surface area (Å²) in [7, 11) is 4.06. The van der Waals surface area contributed by atoms with Gasteiger partial charge in [0.2, 0.25) is 0 Å². The summed E-state index contributed by atoms with van der Waals surface area (Å²) in [5, 5.41) is 21.2. The highest BCUT2D eigenvalue weighted by Gasteiger charge is 2.13. The summed E-state index contributed by atoms with van der Waals surface area (Å²) in [5.41, 5.74) is 4.99. The van der Waals surface area contributed by atoms with E-state index in [2.05, 4.69) is 50.7 Å². The molecule has 1 aromatic carbocycles. The summed E-state index contributed by atoms with van der Waals surface area (Å²) in [6, 6.07) is 10.8. The van der Waals surface area contributed by atoms with Gasteiger partial charge in [-0.3, -0.25) is 0 Å². The quantitative estimate of drug-likeness (QED) is 0.847. The second kappa shape index (κ2) is 8.30. The van der Waals surface area contributed by atoms with E-state index in [1.165, 1.54) is 11.3 Å². The number of nitriles is 1. The second-order valence-corrected chi connectivity index (χ2v) is 5.91. The third-order valence-corrected chi connectivity index (χ3v) is 4.12. The van der Waals surface area contributed by atoms with Crippen molar-refractivity contribution in [3.63, 3.8) is 0 Å².